The van der Waals surface area contributed by atoms with Gasteiger partial charge in [0, 0.05) is 49.6 Å². The molecule has 1 amide bonds. The fraction of sp³-hybridized carbons (Fsp3) is 0.400. The van der Waals surface area contributed by atoms with E-state index in [1.165, 1.54) is 11.9 Å². The van der Waals surface area contributed by atoms with E-state index in [4.69, 9.17) is 15.5 Å². The van der Waals surface area contributed by atoms with Gasteiger partial charge >= 0.3 is 0 Å². The zero-order valence-electron chi connectivity index (χ0n) is 20.1. The van der Waals surface area contributed by atoms with Crippen LogP contribution in [0, 0.1) is 5.92 Å². The first-order valence-electron chi connectivity index (χ1n) is 12.3. The van der Waals surface area contributed by atoms with E-state index in [1.54, 1.807) is 24.9 Å². The van der Waals surface area contributed by atoms with Crippen LogP contribution in [0.4, 0.5) is 5.82 Å². The minimum Gasteiger partial charge on any atom is -0.493 e. The van der Waals surface area contributed by atoms with Crippen LogP contribution < -0.4 is 10.5 Å². The fourth-order valence-corrected chi connectivity index (χ4v) is 6.22. The molecule has 186 valence electrons. The van der Waals surface area contributed by atoms with E-state index < -0.39 is 0 Å². The summed E-state index contributed by atoms with van der Waals surface area (Å²) in [5.41, 5.74) is 10.7. The third-order valence-corrected chi connectivity index (χ3v) is 8.09. The van der Waals surface area contributed by atoms with E-state index >= 15 is 0 Å². The molecule has 1 aromatic carbocycles. The van der Waals surface area contributed by atoms with E-state index in [2.05, 4.69) is 36.9 Å². The van der Waals surface area contributed by atoms with Gasteiger partial charge < -0.3 is 19.9 Å². The molecule has 0 saturated carbocycles. The molecule has 0 spiro atoms. The zero-order chi connectivity index (χ0) is 24.6. The molecule has 6 rings (SSSR count). The van der Waals surface area contributed by atoms with E-state index in [0.717, 1.165) is 78.0 Å². The molecule has 1 fully saturated rings. The third-order valence-electron chi connectivity index (χ3n) is 7.03. The quantitative estimate of drug-likeness (QED) is 0.408. The minimum absolute atomic E-state index is 0.150. The van der Waals surface area contributed by atoms with Crippen LogP contribution in [-0.4, -0.2) is 60.2 Å². The van der Waals surface area contributed by atoms with Crippen molar-refractivity contribution < 1.29 is 9.53 Å². The van der Waals surface area contributed by atoms with E-state index in [1.807, 2.05) is 11.0 Å². The Kier molecular flexibility index (Phi) is 6.00. The number of anilines is 1. The number of nitrogens with one attached hydrogen (secondary N) is 1. The number of nitrogens with zero attached hydrogens (tertiary/aromatic N) is 6. The van der Waals surface area contributed by atoms with Crippen LogP contribution in [0.1, 0.15) is 31.7 Å². The van der Waals surface area contributed by atoms with Crippen molar-refractivity contribution in [3.63, 3.8) is 0 Å². The number of ether oxygens (including phenoxy) is 1. The summed E-state index contributed by atoms with van der Waals surface area (Å²) in [7, 11) is 0. The Hall–Kier alpha value is -3.60. The number of imidazole rings is 1. The number of piperidine rings is 1. The van der Waals surface area contributed by atoms with Crippen molar-refractivity contribution in [3.8, 4) is 17.0 Å². The van der Waals surface area contributed by atoms with Crippen LogP contribution in [-0.2, 0) is 17.8 Å². The Labute approximate surface area is 212 Å². The van der Waals surface area contributed by atoms with Crippen LogP contribution in [0.5, 0.6) is 5.75 Å². The Morgan fingerprint density at radius 3 is 3.08 bits per heavy atom. The summed E-state index contributed by atoms with van der Waals surface area (Å²) in [5.74, 6) is 1.88. The number of nitrogen functional groups attached to an aromatic ring is 1. The van der Waals surface area contributed by atoms with Crippen LogP contribution in [0.15, 0.2) is 40.8 Å². The number of carbonyl (C=O) groups excluding carboxylic acids is 1. The summed E-state index contributed by atoms with van der Waals surface area (Å²) >= 11 is 1.59. The largest absolute Gasteiger partial charge is 0.493 e. The number of hydrogen-bond acceptors (Lipinski definition) is 8. The predicted octanol–water partition coefficient (Wildman–Crippen LogP) is 3.53. The number of hydrogen-bond donors (Lipinski definition) is 2. The lowest BCUT2D eigenvalue weighted by atomic mass is 9.95. The smallest absolute Gasteiger partial charge is 0.219 e. The molecule has 0 radical (unpaired) electrons. The minimum atomic E-state index is 0.150. The number of likely N-dealkylation sites (tertiary alicyclic amines) is 1. The molecule has 10 nitrogen and oxygen atoms in total. The van der Waals surface area contributed by atoms with Crippen molar-refractivity contribution >= 4 is 34.7 Å². The van der Waals surface area contributed by atoms with Crippen molar-refractivity contribution in [2.75, 3.05) is 25.4 Å². The van der Waals surface area contributed by atoms with Gasteiger partial charge in [-0.25, -0.2) is 15.0 Å². The lowest BCUT2D eigenvalue weighted by Gasteiger charge is -2.32. The van der Waals surface area contributed by atoms with Gasteiger partial charge in [0.2, 0.25) is 5.91 Å². The van der Waals surface area contributed by atoms with Crippen LogP contribution in [0.25, 0.3) is 22.4 Å². The second-order valence-electron chi connectivity index (χ2n) is 9.37. The molecule has 3 N–H and O–H groups in total. The molecular weight excluding hydrogens is 476 g/mol. The Morgan fingerprint density at radius 2 is 2.25 bits per heavy atom. The maximum atomic E-state index is 11.9. The highest BCUT2D eigenvalue weighted by Gasteiger charge is 2.24. The van der Waals surface area contributed by atoms with Crippen LogP contribution in [0.2, 0.25) is 0 Å². The van der Waals surface area contributed by atoms with E-state index in [9.17, 15) is 4.79 Å². The molecular formula is C25H28N8O2S. The summed E-state index contributed by atoms with van der Waals surface area (Å²) in [5, 5.41) is 8.04. The fourth-order valence-electron chi connectivity index (χ4n) is 5.11. The standard InChI is InChI=1S/C25H28N8O2S/c1-15(34)32-8-2-3-16(13-32)5-9-33-24-22(23(26)27-14-28-24)30-25(33)36-21-11-17-6-10-35-20(17)12-18(21)19-4-7-29-31-19/h4,7,11-12,14,16H,2-3,5-6,8-10,13H2,1H3,(H,29,31)(H2,26,27,28). The van der Waals surface area contributed by atoms with E-state index in [0.29, 0.717) is 23.9 Å². The average molecular weight is 505 g/mol. The van der Waals surface area contributed by atoms with Crippen molar-refractivity contribution in [1.29, 1.82) is 0 Å². The lowest BCUT2D eigenvalue weighted by molar-refractivity contribution is -0.130. The van der Waals surface area contributed by atoms with Crippen molar-refractivity contribution in [2.24, 2.45) is 5.92 Å². The number of nitrogens with two attached hydrogens (primary N) is 1. The van der Waals surface area contributed by atoms with Gasteiger partial charge in [-0.3, -0.25) is 9.89 Å². The number of aromatic nitrogens is 6. The monoisotopic (exact) mass is 504 g/mol. The molecule has 0 aliphatic carbocycles. The second-order valence-corrected chi connectivity index (χ2v) is 10.4. The summed E-state index contributed by atoms with van der Waals surface area (Å²) in [6.07, 6.45) is 7.21. The van der Waals surface area contributed by atoms with Crippen molar-refractivity contribution in [1.82, 2.24) is 34.6 Å². The van der Waals surface area contributed by atoms with Gasteiger partial charge in [0.05, 0.1) is 12.3 Å². The van der Waals surface area contributed by atoms with E-state index in [-0.39, 0.29) is 5.91 Å². The SMILES string of the molecule is CC(=O)N1CCCC(CCn2c(Sc3cc4c(cc3-c3ccn[nH]3)OCC4)nc3c(N)ncnc32)C1. The average Bonchev–Trinajstić information content (AvgIpc) is 3.63. The first kappa shape index (κ1) is 22.8. The first-order chi connectivity index (χ1) is 17.6. The van der Waals surface area contributed by atoms with Gasteiger partial charge in [0.1, 0.15) is 12.1 Å². The molecule has 1 atom stereocenters. The van der Waals surface area contributed by atoms with Gasteiger partial charge in [-0.2, -0.15) is 5.10 Å². The Balaban J connectivity index is 1.35. The molecule has 2 aliphatic rings. The highest BCUT2D eigenvalue weighted by Crippen LogP contribution is 2.41. The van der Waals surface area contributed by atoms with Gasteiger partial charge in [-0.1, -0.05) is 11.8 Å². The van der Waals surface area contributed by atoms with Gasteiger partial charge in [0.25, 0.3) is 0 Å². The lowest BCUT2D eigenvalue weighted by Crippen LogP contribution is -2.38. The normalized spacial score (nSPS) is 17.4. The Bertz CT molecular complexity index is 1420. The third kappa shape index (κ3) is 4.27. The molecule has 11 heteroatoms. The molecule has 3 aromatic heterocycles. The van der Waals surface area contributed by atoms with Crippen LogP contribution >= 0.6 is 11.8 Å². The topological polar surface area (TPSA) is 128 Å². The number of fused-ring (bicyclic) bond motifs is 2. The molecule has 36 heavy (non-hydrogen) atoms. The predicted molar refractivity (Wildman–Crippen MR) is 137 cm³/mol. The maximum absolute atomic E-state index is 11.9. The molecule has 1 unspecified atom stereocenters. The summed E-state index contributed by atoms with van der Waals surface area (Å²) in [6, 6.07) is 6.22. The van der Waals surface area contributed by atoms with Crippen molar-refractivity contribution in [2.45, 2.75) is 49.2 Å². The highest BCUT2D eigenvalue weighted by atomic mass is 32.2. The number of aromatic amines is 1. The van der Waals surface area contributed by atoms with Gasteiger partial charge in [-0.15, -0.1) is 0 Å². The number of rotatable bonds is 6. The zero-order valence-corrected chi connectivity index (χ0v) is 20.9. The number of H-pyrrole nitrogens is 1. The molecule has 1 saturated heterocycles. The molecule has 2 aliphatic heterocycles. The molecule has 0 bridgehead atoms. The molecule has 5 heterocycles. The number of benzene rings is 1. The van der Waals surface area contributed by atoms with Gasteiger partial charge in [-0.05, 0) is 48.9 Å². The highest BCUT2D eigenvalue weighted by molar-refractivity contribution is 7.99. The Morgan fingerprint density at radius 1 is 1.33 bits per heavy atom. The van der Waals surface area contributed by atoms with Gasteiger partial charge in [0.15, 0.2) is 22.1 Å². The van der Waals surface area contributed by atoms with Crippen LogP contribution in [0.3, 0.4) is 0 Å². The number of carbonyl (C=O) groups is 1. The first-order valence-corrected chi connectivity index (χ1v) is 13.1. The summed E-state index contributed by atoms with van der Waals surface area (Å²) < 4.78 is 7.98. The number of amides is 1. The number of aryl methyl sites for hydroxylation is 1. The summed E-state index contributed by atoms with van der Waals surface area (Å²) in [6.45, 7) is 4.73. The molecule has 4 aromatic rings. The maximum Gasteiger partial charge on any atom is 0.219 e. The second kappa shape index (κ2) is 9.45. The van der Waals surface area contributed by atoms with Crippen molar-refractivity contribution in [3.05, 3.63) is 36.3 Å². The summed E-state index contributed by atoms with van der Waals surface area (Å²) in [4.78, 5) is 28.5.